The second-order valence-corrected chi connectivity index (χ2v) is 4.29. The van der Waals surface area contributed by atoms with Gasteiger partial charge in [0.1, 0.15) is 0 Å². The van der Waals surface area contributed by atoms with Gasteiger partial charge >= 0.3 is 0 Å². The summed E-state index contributed by atoms with van der Waals surface area (Å²) in [6.45, 7) is 3.21. The molecule has 0 saturated carbocycles. The molecule has 0 atom stereocenters. The molecule has 2 rings (SSSR count). The minimum Gasteiger partial charge on any atom is -0.334 e. The summed E-state index contributed by atoms with van der Waals surface area (Å²) in [4.78, 5) is 5.60. The monoisotopic (exact) mass is 206 g/mol. The second kappa shape index (κ2) is 4.42. The summed E-state index contributed by atoms with van der Waals surface area (Å²) in [5, 5.41) is 2.13. The molecule has 2 heterocycles. The molecule has 2 aromatic rings. The van der Waals surface area contributed by atoms with Gasteiger partial charge in [0.2, 0.25) is 0 Å². The molecule has 2 aromatic heterocycles. The smallest absolute Gasteiger partial charge is 0.0948 e. The van der Waals surface area contributed by atoms with Gasteiger partial charge in [0.05, 0.1) is 6.33 Å². The zero-order valence-corrected chi connectivity index (χ0v) is 9.13. The molecule has 14 heavy (non-hydrogen) atoms. The minimum atomic E-state index is 1.05. The predicted octanol–water partition coefficient (Wildman–Crippen LogP) is 2.75. The zero-order valence-electron chi connectivity index (χ0n) is 8.31. The van der Waals surface area contributed by atoms with Crippen molar-refractivity contribution in [2.75, 3.05) is 0 Å². The molecular weight excluding hydrogens is 192 g/mol. The first-order valence-corrected chi connectivity index (χ1v) is 5.79. The summed E-state index contributed by atoms with van der Waals surface area (Å²) in [5.74, 6) is 0. The summed E-state index contributed by atoms with van der Waals surface area (Å²) in [7, 11) is 0. The summed E-state index contributed by atoms with van der Waals surface area (Å²) in [5.41, 5.74) is 1.32. The van der Waals surface area contributed by atoms with Crippen LogP contribution in [0.15, 0.2) is 30.0 Å². The van der Waals surface area contributed by atoms with Crippen LogP contribution in [0.2, 0.25) is 0 Å². The number of rotatable bonds is 4. The molecule has 0 aliphatic carbocycles. The molecule has 74 valence electrons. The van der Waals surface area contributed by atoms with Gasteiger partial charge in [-0.25, -0.2) is 4.98 Å². The van der Waals surface area contributed by atoms with E-state index in [1.54, 1.807) is 0 Å². The molecule has 0 aliphatic heterocycles. The van der Waals surface area contributed by atoms with Crippen LogP contribution < -0.4 is 0 Å². The van der Waals surface area contributed by atoms with E-state index in [0.29, 0.717) is 0 Å². The van der Waals surface area contributed by atoms with E-state index in [1.165, 1.54) is 10.6 Å². The van der Waals surface area contributed by atoms with Crippen LogP contribution in [0.3, 0.4) is 0 Å². The van der Waals surface area contributed by atoms with Gasteiger partial charge in [0, 0.05) is 23.3 Å². The molecule has 0 aliphatic rings. The molecule has 0 spiro atoms. The summed E-state index contributed by atoms with van der Waals surface area (Å²) in [6, 6.07) is 4.29. The molecule has 0 amide bonds. The predicted molar refractivity (Wildman–Crippen MR) is 59.6 cm³/mol. The van der Waals surface area contributed by atoms with Gasteiger partial charge in [-0.15, -0.1) is 11.3 Å². The minimum absolute atomic E-state index is 1.05. The van der Waals surface area contributed by atoms with E-state index < -0.39 is 0 Å². The van der Waals surface area contributed by atoms with E-state index in [-0.39, 0.29) is 0 Å². The van der Waals surface area contributed by atoms with Crippen molar-refractivity contribution in [3.63, 3.8) is 0 Å². The van der Waals surface area contributed by atoms with Crippen LogP contribution in [0.5, 0.6) is 0 Å². The maximum atomic E-state index is 4.16. The van der Waals surface area contributed by atoms with E-state index in [9.17, 15) is 0 Å². The van der Waals surface area contributed by atoms with Crippen molar-refractivity contribution in [3.05, 3.63) is 40.6 Å². The van der Waals surface area contributed by atoms with E-state index in [4.69, 9.17) is 0 Å². The SMILES string of the molecule is CCc1cncn1CCc1cccs1. The Kier molecular flexibility index (Phi) is 2.99. The Labute approximate surface area is 88.2 Å². The van der Waals surface area contributed by atoms with Gasteiger partial charge in [-0.1, -0.05) is 13.0 Å². The van der Waals surface area contributed by atoms with Crippen LogP contribution in [-0.4, -0.2) is 9.55 Å². The lowest BCUT2D eigenvalue weighted by Gasteiger charge is -2.04. The van der Waals surface area contributed by atoms with E-state index >= 15 is 0 Å². The van der Waals surface area contributed by atoms with Crippen molar-refractivity contribution in [1.29, 1.82) is 0 Å². The second-order valence-electron chi connectivity index (χ2n) is 3.26. The number of aromatic nitrogens is 2. The van der Waals surface area contributed by atoms with Gasteiger partial charge in [-0.05, 0) is 24.3 Å². The Hall–Kier alpha value is -1.09. The molecule has 0 radical (unpaired) electrons. The van der Waals surface area contributed by atoms with Crippen LogP contribution in [0.1, 0.15) is 17.5 Å². The third kappa shape index (κ3) is 2.04. The quantitative estimate of drug-likeness (QED) is 0.752. The number of nitrogens with zero attached hydrogens (tertiary/aromatic N) is 2. The van der Waals surface area contributed by atoms with Crippen LogP contribution >= 0.6 is 11.3 Å². The van der Waals surface area contributed by atoms with Gasteiger partial charge in [0.25, 0.3) is 0 Å². The number of aryl methyl sites for hydroxylation is 3. The summed E-state index contributed by atoms with van der Waals surface area (Å²) in [6.07, 6.45) is 6.05. The van der Waals surface area contributed by atoms with Crippen LogP contribution in [0, 0.1) is 0 Å². The highest BCUT2D eigenvalue weighted by molar-refractivity contribution is 7.09. The highest BCUT2D eigenvalue weighted by Crippen LogP contribution is 2.11. The Balaban J connectivity index is 1.98. The highest BCUT2D eigenvalue weighted by Gasteiger charge is 2.00. The van der Waals surface area contributed by atoms with Crippen molar-refractivity contribution < 1.29 is 0 Å². The molecule has 0 saturated heterocycles. The average Bonchev–Trinajstić information content (AvgIpc) is 2.85. The Morgan fingerprint density at radius 1 is 1.50 bits per heavy atom. The van der Waals surface area contributed by atoms with Crippen LogP contribution in [0.4, 0.5) is 0 Å². The Bertz CT molecular complexity index is 376. The normalized spacial score (nSPS) is 10.6. The average molecular weight is 206 g/mol. The molecule has 0 fully saturated rings. The highest BCUT2D eigenvalue weighted by atomic mass is 32.1. The fourth-order valence-electron chi connectivity index (χ4n) is 1.53. The number of hydrogen-bond acceptors (Lipinski definition) is 2. The van der Waals surface area contributed by atoms with Crippen LogP contribution in [0.25, 0.3) is 0 Å². The van der Waals surface area contributed by atoms with Gasteiger partial charge in [-0.3, -0.25) is 0 Å². The van der Waals surface area contributed by atoms with Crippen molar-refractivity contribution in [2.24, 2.45) is 0 Å². The lowest BCUT2D eigenvalue weighted by atomic mass is 10.3. The summed E-state index contributed by atoms with van der Waals surface area (Å²) < 4.78 is 2.24. The topological polar surface area (TPSA) is 17.8 Å². The number of thiophene rings is 1. The van der Waals surface area contributed by atoms with Gasteiger partial charge in [0.15, 0.2) is 0 Å². The molecule has 0 unspecified atom stereocenters. The maximum absolute atomic E-state index is 4.16. The standard InChI is InChI=1S/C11H14N2S/c1-2-10-8-12-9-13(10)6-5-11-4-3-7-14-11/h3-4,7-9H,2,5-6H2,1H3. The van der Waals surface area contributed by atoms with Crippen molar-refractivity contribution in [2.45, 2.75) is 26.3 Å². The van der Waals surface area contributed by atoms with Crippen molar-refractivity contribution in [1.82, 2.24) is 9.55 Å². The van der Waals surface area contributed by atoms with Crippen molar-refractivity contribution >= 4 is 11.3 Å². The number of hydrogen-bond donors (Lipinski definition) is 0. The Morgan fingerprint density at radius 3 is 3.14 bits per heavy atom. The summed E-state index contributed by atoms with van der Waals surface area (Å²) >= 11 is 1.82. The third-order valence-corrected chi connectivity index (χ3v) is 3.28. The molecule has 0 N–H and O–H groups in total. The van der Waals surface area contributed by atoms with E-state index in [1.807, 2.05) is 23.9 Å². The first kappa shape index (κ1) is 9.46. The maximum Gasteiger partial charge on any atom is 0.0948 e. The van der Waals surface area contributed by atoms with E-state index in [2.05, 4.69) is 34.0 Å². The van der Waals surface area contributed by atoms with Gasteiger partial charge in [-0.2, -0.15) is 0 Å². The first-order chi connectivity index (χ1) is 6.90. The molecule has 0 aromatic carbocycles. The third-order valence-electron chi connectivity index (χ3n) is 2.34. The lowest BCUT2D eigenvalue weighted by Crippen LogP contribution is -2.02. The molecule has 2 nitrogen and oxygen atoms in total. The first-order valence-electron chi connectivity index (χ1n) is 4.91. The van der Waals surface area contributed by atoms with Crippen LogP contribution in [-0.2, 0) is 19.4 Å². The molecule has 0 bridgehead atoms. The van der Waals surface area contributed by atoms with Crippen molar-refractivity contribution in [3.8, 4) is 0 Å². The van der Waals surface area contributed by atoms with E-state index in [0.717, 1.165) is 19.4 Å². The molecular formula is C11H14N2S. The lowest BCUT2D eigenvalue weighted by molar-refractivity contribution is 0.669. The van der Waals surface area contributed by atoms with Gasteiger partial charge < -0.3 is 4.57 Å². The largest absolute Gasteiger partial charge is 0.334 e. The zero-order chi connectivity index (χ0) is 9.80. The number of imidazole rings is 1. The Morgan fingerprint density at radius 2 is 2.43 bits per heavy atom. The fourth-order valence-corrected chi connectivity index (χ4v) is 2.23. The fraction of sp³-hybridized carbons (Fsp3) is 0.364. The molecule has 3 heteroatoms.